The van der Waals surface area contributed by atoms with Gasteiger partial charge in [-0.15, -0.1) is 0 Å². The molecule has 2 N–H and O–H groups in total. The largest absolute Gasteiger partial charge is 0.345 e. The second-order valence-corrected chi connectivity index (χ2v) is 10.9. The number of hydrogen-bond acceptors (Lipinski definition) is 4. The van der Waals surface area contributed by atoms with Crippen molar-refractivity contribution in [2.75, 3.05) is 0 Å². The minimum absolute atomic E-state index is 0.446. The number of H-pyrrole nitrogens is 2. The maximum absolute atomic E-state index is 5.04. The second-order valence-electron chi connectivity index (χ2n) is 10.9. The first-order valence-electron chi connectivity index (χ1n) is 13.8. The lowest BCUT2D eigenvalue weighted by Gasteiger charge is -2.18. The van der Waals surface area contributed by atoms with Gasteiger partial charge in [-0.25, -0.2) is 15.0 Å². The van der Waals surface area contributed by atoms with E-state index in [-0.39, 0.29) is 0 Å². The molecule has 4 aromatic carbocycles. The fraction of sp³-hybridized carbons (Fsp3) is 0.212. The predicted molar refractivity (Wildman–Crippen MR) is 158 cm³/mol. The molecule has 1 aliphatic rings. The Kier molecular flexibility index (Phi) is 4.72. The summed E-state index contributed by atoms with van der Waals surface area (Å²) < 4.78 is 0. The number of rotatable bonds is 3. The third kappa shape index (κ3) is 3.27. The van der Waals surface area contributed by atoms with Crippen molar-refractivity contribution < 1.29 is 0 Å². The fourth-order valence-corrected chi connectivity index (χ4v) is 6.32. The molecule has 6 nitrogen and oxygen atoms in total. The molecule has 0 bridgehead atoms. The summed E-state index contributed by atoms with van der Waals surface area (Å²) >= 11 is 0. The van der Waals surface area contributed by atoms with Crippen molar-refractivity contribution >= 4 is 43.4 Å². The van der Waals surface area contributed by atoms with Crippen LogP contribution in [0.1, 0.15) is 49.1 Å². The number of imidazole rings is 2. The van der Waals surface area contributed by atoms with Crippen molar-refractivity contribution in [2.45, 2.75) is 46.0 Å². The molecular weight excluding hydrogens is 480 g/mol. The lowest BCUT2D eigenvalue weighted by molar-refractivity contribution is 0.687. The van der Waals surface area contributed by atoms with Crippen LogP contribution >= 0.6 is 0 Å². The number of benzene rings is 4. The van der Waals surface area contributed by atoms with E-state index >= 15 is 0 Å². The average Bonchev–Trinajstić information content (AvgIpc) is 3.60. The smallest absolute Gasteiger partial charge is 0.126 e. The number of aryl methyl sites for hydroxylation is 3. The van der Waals surface area contributed by atoms with E-state index in [9.17, 15) is 0 Å². The summed E-state index contributed by atoms with van der Waals surface area (Å²) in [5.41, 5.74) is 9.35. The van der Waals surface area contributed by atoms with Crippen LogP contribution in [0.2, 0.25) is 0 Å². The van der Waals surface area contributed by atoms with E-state index < -0.39 is 0 Å². The molecule has 3 aromatic heterocycles. The van der Waals surface area contributed by atoms with Gasteiger partial charge in [0.2, 0.25) is 0 Å². The van der Waals surface area contributed by atoms with Crippen LogP contribution in [0.5, 0.6) is 0 Å². The van der Waals surface area contributed by atoms with Crippen LogP contribution in [-0.2, 0) is 12.8 Å². The number of hydrogen-bond donors (Lipinski definition) is 2. The van der Waals surface area contributed by atoms with Gasteiger partial charge in [0.15, 0.2) is 0 Å². The van der Waals surface area contributed by atoms with E-state index in [0.29, 0.717) is 5.92 Å². The van der Waals surface area contributed by atoms with Crippen molar-refractivity contribution in [3.05, 3.63) is 83.8 Å². The van der Waals surface area contributed by atoms with E-state index in [0.717, 1.165) is 69.2 Å². The van der Waals surface area contributed by atoms with Gasteiger partial charge in [0.1, 0.15) is 17.2 Å². The molecule has 8 rings (SSSR count). The molecule has 0 saturated heterocycles. The van der Waals surface area contributed by atoms with Crippen LogP contribution in [0.4, 0.5) is 0 Å². The van der Waals surface area contributed by atoms with Gasteiger partial charge in [0, 0.05) is 39.5 Å². The van der Waals surface area contributed by atoms with Gasteiger partial charge in [-0.2, -0.15) is 5.10 Å². The minimum atomic E-state index is 0.446. The molecule has 1 aliphatic carbocycles. The average molecular weight is 509 g/mol. The van der Waals surface area contributed by atoms with Crippen LogP contribution in [0, 0.1) is 6.92 Å². The molecule has 3 heterocycles. The summed E-state index contributed by atoms with van der Waals surface area (Å²) in [5.74, 6) is 2.34. The Morgan fingerprint density at radius 2 is 1.62 bits per heavy atom. The zero-order chi connectivity index (χ0) is 26.2. The van der Waals surface area contributed by atoms with Crippen molar-refractivity contribution in [1.29, 1.82) is 0 Å². The Hall–Kier alpha value is -4.58. The first-order chi connectivity index (χ1) is 19.1. The molecule has 39 heavy (non-hydrogen) atoms. The Morgan fingerprint density at radius 3 is 2.46 bits per heavy atom. The van der Waals surface area contributed by atoms with Gasteiger partial charge in [0.25, 0.3) is 0 Å². The number of nitrogens with zero attached hydrogens (tertiary/aromatic N) is 4. The Balaban J connectivity index is 1.27. The first kappa shape index (κ1) is 22.4. The quantitative estimate of drug-likeness (QED) is 0.239. The van der Waals surface area contributed by atoms with E-state index in [1.165, 1.54) is 38.7 Å². The molecule has 0 radical (unpaired) electrons. The van der Waals surface area contributed by atoms with Gasteiger partial charge >= 0.3 is 0 Å². The van der Waals surface area contributed by atoms with Crippen molar-refractivity contribution in [3.63, 3.8) is 0 Å². The van der Waals surface area contributed by atoms with Crippen molar-refractivity contribution in [2.24, 2.45) is 0 Å². The molecule has 0 unspecified atom stereocenters. The minimum Gasteiger partial charge on any atom is -0.345 e. The lowest BCUT2D eigenvalue weighted by atomic mass is 9.87. The van der Waals surface area contributed by atoms with Gasteiger partial charge in [0.05, 0.1) is 17.4 Å². The number of aromatic nitrogens is 6. The molecular formula is C33H28N6. The zero-order valence-corrected chi connectivity index (χ0v) is 22.3. The summed E-state index contributed by atoms with van der Waals surface area (Å²) in [6, 6.07) is 18.1. The van der Waals surface area contributed by atoms with Gasteiger partial charge < -0.3 is 4.98 Å². The SMILES string of the molecule is CC[C@@H](C)c1nc2c([nH]1)CCc1c-2ccc2cc(-c3ccc4c(c3)c3c[nH]ncc3c3nc(C)nc43)ccc12. The molecule has 0 aliphatic heterocycles. The topological polar surface area (TPSA) is 83.1 Å². The summed E-state index contributed by atoms with van der Waals surface area (Å²) in [6.07, 6.45) is 6.95. The monoisotopic (exact) mass is 508 g/mol. The highest BCUT2D eigenvalue weighted by molar-refractivity contribution is 6.23. The summed E-state index contributed by atoms with van der Waals surface area (Å²) in [5, 5.41) is 14.3. The molecule has 7 aromatic rings. The van der Waals surface area contributed by atoms with Gasteiger partial charge in [-0.1, -0.05) is 50.2 Å². The molecule has 0 amide bonds. The van der Waals surface area contributed by atoms with Crippen LogP contribution < -0.4 is 0 Å². The molecule has 6 heteroatoms. The van der Waals surface area contributed by atoms with E-state index in [4.69, 9.17) is 15.0 Å². The zero-order valence-electron chi connectivity index (χ0n) is 22.3. The van der Waals surface area contributed by atoms with Crippen LogP contribution in [0.15, 0.2) is 60.9 Å². The Morgan fingerprint density at radius 1 is 0.821 bits per heavy atom. The predicted octanol–water partition coefficient (Wildman–Crippen LogP) is 7.79. The molecule has 0 fully saturated rings. The highest BCUT2D eigenvalue weighted by atomic mass is 15.1. The summed E-state index contributed by atoms with van der Waals surface area (Å²) in [4.78, 5) is 18.1. The molecule has 0 saturated carbocycles. The second kappa shape index (κ2) is 8.21. The van der Waals surface area contributed by atoms with Gasteiger partial charge in [-0.05, 0) is 71.2 Å². The molecule has 1 atom stereocenters. The highest BCUT2D eigenvalue weighted by Crippen LogP contribution is 2.40. The Labute approximate surface area is 225 Å². The normalized spacial score (nSPS) is 13.8. The van der Waals surface area contributed by atoms with Crippen molar-refractivity contribution in [3.8, 4) is 22.4 Å². The summed E-state index contributed by atoms with van der Waals surface area (Å²) in [7, 11) is 0. The first-order valence-corrected chi connectivity index (χ1v) is 13.8. The van der Waals surface area contributed by atoms with E-state index in [2.05, 4.69) is 77.6 Å². The van der Waals surface area contributed by atoms with Crippen LogP contribution in [-0.4, -0.2) is 30.1 Å². The molecule has 0 spiro atoms. The third-order valence-electron chi connectivity index (χ3n) is 8.58. The number of fused-ring (bicyclic) bond motifs is 11. The molecule has 190 valence electrons. The summed E-state index contributed by atoms with van der Waals surface area (Å²) in [6.45, 7) is 6.41. The lowest BCUT2D eigenvalue weighted by Crippen LogP contribution is -2.04. The third-order valence-corrected chi connectivity index (χ3v) is 8.58. The van der Waals surface area contributed by atoms with E-state index in [1.54, 1.807) is 0 Å². The fourth-order valence-electron chi connectivity index (χ4n) is 6.32. The van der Waals surface area contributed by atoms with Crippen LogP contribution in [0.25, 0.3) is 65.7 Å². The van der Waals surface area contributed by atoms with Crippen LogP contribution in [0.3, 0.4) is 0 Å². The number of aromatic amines is 2. The standard InChI is InChI=1S/C33H28N6/c1-4-17(2)33-38-29-12-11-23-22-8-5-19(13-21(22)7-10-24(23)30(29)39-33)20-6-9-25-26(14-20)27-15-34-35-16-28(27)32-31(25)36-18(3)37-32/h5-10,13-17,34H,4,11-12H2,1-3H3,(H,38,39)/t17-/m1/s1. The highest BCUT2D eigenvalue weighted by Gasteiger charge is 2.23. The number of nitrogens with one attached hydrogen (secondary N) is 2. The van der Waals surface area contributed by atoms with Crippen molar-refractivity contribution in [1.82, 2.24) is 30.1 Å². The van der Waals surface area contributed by atoms with E-state index in [1.807, 2.05) is 19.3 Å². The maximum atomic E-state index is 5.04. The maximum Gasteiger partial charge on any atom is 0.126 e. The Bertz CT molecular complexity index is 2100. The van der Waals surface area contributed by atoms with Gasteiger partial charge in [-0.3, -0.25) is 5.10 Å².